The monoisotopic (exact) mass is 378 g/mol. The summed E-state index contributed by atoms with van der Waals surface area (Å²) in [6.07, 6.45) is 2.57. The summed E-state index contributed by atoms with van der Waals surface area (Å²) in [7, 11) is 0. The van der Waals surface area contributed by atoms with E-state index in [0.717, 1.165) is 0 Å². The van der Waals surface area contributed by atoms with E-state index >= 15 is 4.39 Å². The molecule has 148 valence electrons. The van der Waals surface area contributed by atoms with Gasteiger partial charge in [0, 0.05) is 16.7 Å². The van der Waals surface area contributed by atoms with E-state index in [-0.39, 0.29) is 18.6 Å². The third-order valence-corrected chi connectivity index (χ3v) is 8.40. The van der Waals surface area contributed by atoms with Crippen molar-refractivity contribution >= 4 is 11.6 Å². The number of halogens is 1. The molecule has 8 unspecified atom stereocenters. The molecule has 5 nitrogen and oxygen atoms in total. The predicted octanol–water partition coefficient (Wildman–Crippen LogP) is 1.65. The minimum atomic E-state index is -2.03. The van der Waals surface area contributed by atoms with Gasteiger partial charge in [-0.1, -0.05) is 18.6 Å². The minimum Gasteiger partial charge on any atom is -0.390 e. The number of allylic oxidation sites excluding steroid dienone is 4. The van der Waals surface area contributed by atoms with Crippen molar-refractivity contribution in [2.24, 2.45) is 22.7 Å². The van der Waals surface area contributed by atoms with Gasteiger partial charge >= 0.3 is 0 Å². The Morgan fingerprint density at radius 1 is 1.22 bits per heavy atom. The number of fused-ring (bicyclic) bond motifs is 5. The molecule has 27 heavy (non-hydrogen) atoms. The van der Waals surface area contributed by atoms with Gasteiger partial charge in [0.25, 0.3) is 0 Å². The van der Waals surface area contributed by atoms with Gasteiger partial charge in [-0.25, -0.2) is 4.39 Å². The Kier molecular flexibility index (Phi) is 3.77. The fraction of sp³-hybridized carbons (Fsp3) is 0.714. The van der Waals surface area contributed by atoms with Crippen LogP contribution < -0.4 is 0 Å². The van der Waals surface area contributed by atoms with Crippen molar-refractivity contribution < 1.29 is 29.3 Å². The zero-order valence-corrected chi connectivity index (χ0v) is 15.9. The molecule has 4 aliphatic rings. The Morgan fingerprint density at radius 3 is 2.52 bits per heavy atom. The molecular formula is C21H27FO5. The number of hydrogen-bond donors (Lipinski definition) is 3. The number of alkyl halides is 1. The highest BCUT2D eigenvalue weighted by Gasteiger charge is 2.75. The van der Waals surface area contributed by atoms with Gasteiger partial charge < -0.3 is 15.3 Å². The number of rotatable bonds is 1. The van der Waals surface area contributed by atoms with Crippen LogP contribution in [0.5, 0.6) is 0 Å². The highest BCUT2D eigenvalue weighted by atomic mass is 19.1. The van der Waals surface area contributed by atoms with Crippen LogP contribution in [0, 0.1) is 22.7 Å². The van der Waals surface area contributed by atoms with Crippen LogP contribution >= 0.6 is 0 Å². The van der Waals surface area contributed by atoms with Crippen molar-refractivity contribution in [3.63, 3.8) is 0 Å². The zero-order valence-electron chi connectivity index (χ0n) is 15.9. The summed E-state index contributed by atoms with van der Waals surface area (Å²) in [5.41, 5.74) is -5.57. The summed E-state index contributed by atoms with van der Waals surface area (Å²) < 4.78 is 16.7. The molecule has 4 aliphatic carbocycles. The van der Waals surface area contributed by atoms with E-state index in [2.05, 4.69) is 0 Å². The van der Waals surface area contributed by atoms with E-state index in [1.165, 1.54) is 19.1 Å². The maximum absolute atomic E-state index is 16.7. The van der Waals surface area contributed by atoms with Crippen molar-refractivity contribution in [1.29, 1.82) is 0 Å². The molecule has 0 aromatic heterocycles. The lowest BCUT2D eigenvalue weighted by atomic mass is 9.44. The van der Waals surface area contributed by atoms with Crippen LogP contribution in [0.25, 0.3) is 0 Å². The van der Waals surface area contributed by atoms with Crippen LogP contribution in [0.2, 0.25) is 0 Å². The Hall–Kier alpha value is -1.37. The fourth-order valence-electron chi connectivity index (χ4n) is 6.86. The Morgan fingerprint density at radius 2 is 1.89 bits per heavy atom. The third-order valence-electron chi connectivity index (χ3n) is 8.40. The van der Waals surface area contributed by atoms with Gasteiger partial charge in [0.2, 0.25) is 0 Å². The first kappa shape index (κ1) is 19.0. The highest BCUT2D eigenvalue weighted by Crippen LogP contribution is 2.69. The SMILES string of the molecule is CC(=O)C1(O)C(O)CC2C3CCC4=CC(=O)C=CC4(C)C3(F)C(O)CC21C. The standard InChI is InChI=1S/C21H27FO5/c1-11(23)21(27)16(25)9-15-14-5-4-12-8-13(24)6-7-18(12,2)20(14,22)17(26)10-19(15,21)3/h6-8,14-17,25-27H,4-5,9-10H2,1-3H3. The molecule has 0 saturated heterocycles. The Balaban J connectivity index is 1.85. The van der Waals surface area contributed by atoms with Crippen LogP contribution in [-0.4, -0.2) is 50.4 Å². The molecule has 0 radical (unpaired) electrons. The summed E-state index contributed by atoms with van der Waals surface area (Å²) >= 11 is 0. The topological polar surface area (TPSA) is 94.8 Å². The van der Waals surface area contributed by atoms with Crippen molar-refractivity contribution in [3.8, 4) is 0 Å². The van der Waals surface area contributed by atoms with E-state index in [0.29, 0.717) is 18.4 Å². The number of carbonyl (C=O) groups is 2. The molecule has 0 spiro atoms. The predicted molar refractivity (Wildman–Crippen MR) is 95.4 cm³/mol. The highest BCUT2D eigenvalue weighted by molar-refractivity contribution is 6.01. The van der Waals surface area contributed by atoms with E-state index in [1.807, 2.05) is 0 Å². The lowest BCUT2D eigenvalue weighted by Crippen LogP contribution is -2.69. The minimum absolute atomic E-state index is 0.118. The van der Waals surface area contributed by atoms with Crippen LogP contribution in [0.3, 0.4) is 0 Å². The smallest absolute Gasteiger partial charge is 0.178 e. The number of aliphatic hydroxyl groups excluding tert-OH is 2. The zero-order chi connectivity index (χ0) is 20.0. The Labute approximate surface area is 158 Å². The maximum Gasteiger partial charge on any atom is 0.178 e. The molecule has 0 aliphatic heterocycles. The lowest BCUT2D eigenvalue weighted by Gasteiger charge is -2.62. The molecule has 0 amide bonds. The van der Waals surface area contributed by atoms with Gasteiger partial charge in [-0.2, -0.15) is 0 Å². The average Bonchev–Trinajstić information content (AvgIpc) is 2.79. The van der Waals surface area contributed by atoms with E-state index in [1.54, 1.807) is 19.9 Å². The van der Waals surface area contributed by atoms with Gasteiger partial charge in [-0.3, -0.25) is 9.59 Å². The Bertz CT molecular complexity index is 789. The van der Waals surface area contributed by atoms with E-state index < -0.39 is 51.9 Å². The van der Waals surface area contributed by atoms with Crippen molar-refractivity contribution in [2.45, 2.75) is 69.9 Å². The first-order chi connectivity index (χ1) is 12.4. The second kappa shape index (κ2) is 5.37. The summed E-state index contributed by atoms with van der Waals surface area (Å²) in [4.78, 5) is 24.1. The lowest BCUT2D eigenvalue weighted by molar-refractivity contribution is -0.220. The van der Waals surface area contributed by atoms with Crippen LogP contribution in [0.1, 0.15) is 46.5 Å². The fourth-order valence-corrected chi connectivity index (χ4v) is 6.86. The molecule has 0 aromatic rings. The third kappa shape index (κ3) is 1.94. The molecular weight excluding hydrogens is 351 g/mol. The summed E-state index contributed by atoms with van der Waals surface area (Å²) in [5, 5.41) is 32.7. The van der Waals surface area contributed by atoms with Gasteiger partial charge in [-0.15, -0.1) is 0 Å². The second-order valence-corrected chi connectivity index (χ2v) is 9.34. The number of ketones is 2. The molecule has 0 heterocycles. The summed E-state index contributed by atoms with van der Waals surface area (Å²) in [6, 6.07) is 0. The number of aliphatic hydroxyl groups is 3. The maximum atomic E-state index is 16.7. The number of hydrogen-bond acceptors (Lipinski definition) is 5. The van der Waals surface area contributed by atoms with Crippen LogP contribution in [0.4, 0.5) is 4.39 Å². The van der Waals surface area contributed by atoms with E-state index in [4.69, 9.17) is 0 Å². The largest absolute Gasteiger partial charge is 0.390 e. The van der Waals surface area contributed by atoms with Crippen LogP contribution in [0.15, 0.2) is 23.8 Å². The quantitative estimate of drug-likeness (QED) is 0.645. The van der Waals surface area contributed by atoms with Crippen molar-refractivity contribution in [1.82, 2.24) is 0 Å². The molecule has 3 fully saturated rings. The average molecular weight is 378 g/mol. The molecule has 0 aromatic carbocycles. The second-order valence-electron chi connectivity index (χ2n) is 9.34. The van der Waals surface area contributed by atoms with Gasteiger partial charge in [0.1, 0.15) is 0 Å². The molecule has 8 atom stereocenters. The number of carbonyl (C=O) groups excluding carboxylic acids is 2. The first-order valence-corrected chi connectivity index (χ1v) is 9.65. The molecule has 4 rings (SSSR count). The number of Topliss-reactive ketones (excluding diaryl/α,β-unsaturated/α-hetero) is 1. The molecule has 3 saturated carbocycles. The van der Waals surface area contributed by atoms with E-state index in [9.17, 15) is 24.9 Å². The first-order valence-electron chi connectivity index (χ1n) is 9.65. The van der Waals surface area contributed by atoms with Crippen molar-refractivity contribution in [2.75, 3.05) is 0 Å². The van der Waals surface area contributed by atoms with Crippen LogP contribution in [-0.2, 0) is 9.59 Å². The van der Waals surface area contributed by atoms with Gasteiger partial charge in [0.15, 0.2) is 22.8 Å². The summed E-state index contributed by atoms with van der Waals surface area (Å²) in [6.45, 7) is 4.63. The van der Waals surface area contributed by atoms with Gasteiger partial charge in [-0.05, 0) is 57.6 Å². The summed E-state index contributed by atoms with van der Waals surface area (Å²) in [5.74, 6) is -1.81. The normalized spacial score (nSPS) is 54.0. The van der Waals surface area contributed by atoms with Crippen molar-refractivity contribution in [3.05, 3.63) is 23.8 Å². The molecule has 3 N–H and O–H groups in total. The van der Waals surface area contributed by atoms with Gasteiger partial charge in [0.05, 0.1) is 12.2 Å². The molecule has 6 heteroatoms. The molecule has 0 bridgehead atoms.